The van der Waals surface area contributed by atoms with Crippen molar-refractivity contribution in [3.05, 3.63) is 51.2 Å². The van der Waals surface area contributed by atoms with Crippen LogP contribution in [0.2, 0.25) is 0 Å². The van der Waals surface area contributed by atoms with Crippen LogP contribution in [0.4, 0.5) is 10.8 Å². The molecular weight excluding hydrogens is 444 g/mol. The van der Waals surface area contributed by atoms with Gasteiger partial charge in [-0.05, 0) is 76.1 Å². The molecule has 2 aromatic heterocycles. The molecule has 3 heterocycles. The number of thiophene rings is 1. The molecule has 8 heteroatoms. The molecule has 34 heavy (non-hydrogen) atoms. The number of hydrogen-bond donors (Lipinski definition) is 3. The minimum atomic E-state index is -0.474. The highest BCUT2D eigenvalue weighted by Crippen LogP contribution is 2.53. The molecule has 2 aliphatic carbocycles. The predicted molar refractivity (Wildman–Crippen MR) is 136 cm³/mol. The Morgan fingerprint density at radius 2 is 2.06 bits per heavy atom. The lowest BCUT2D eigenvalue weighted by Gasteiger charge is -2.42. The van der Waals surface area contributed by atoms with Crippen molar-refractivity contribution in [2.24, 2.45) is 5.73 Å². The fourth-order valence-corrected chi connectivity index (χ4v) is 7.23. The van der Waals surface area contributed by atoms with Gasteiger partial charge in [0.1, 0.15) is 22.6 Å². The Hall–Kier alpha value is -2.89. The molecule has 5 N–H and O–H groups in total. The lowest BCUT2D eigenvalue weighted by molar-refractivity contribution is 0.101. The smallest absolute Gasteiger partial charge is 0.209 e. The zero-order chi connectivity index (χ0) is 23.9. The van der Waals surface area contributed by atoms with Crippen LogP contribution in [0.15, 0.2) is 29.5 Å². The summed E-state index contributed by atoms with van der Waals surface area (Å²) in [6.07, 6.45) is 6.12. The quantitative estimate of drug-likeness (QED) is 0.578. The second-order valence-corrected chi connectivity index (χ2v) is 10.9. The number of hydrogen-bond acceptors (Lipinski definition) is 8. The maximum Gasteiger partial charge on any atom is 0.209 e. The van der Waals surface area contributed by atoms with Crippen molar-refractivity contribution in [1.29, 1.82) is 5.26 Å². The summed E-state index contributed by atoms with van der Waals surface area (Å²) in [5, 5.41) is 13.9. The largest absolute Gasteiger partial charge is 0.401 e. The number of anilines is 2. The Bertz CT molecular complexity index is 1190. The minimum absolute atomic E-state index is 0.0899. The van der Waals surface area contributed by atoms with Gasteiger partial charge >= 0.3 is 0 Å². The first-order chi connectivity index (χ1) is 16.5. The molecule has 1 fully saturated rings. The van der Waals surface area contributed by atoms with E-state index in [1.165, 1.54) is 11.3 Å². The number of fused-ring (bicyclic) bond motifs is 2. The maximum atomic E-state index is 13.8. The van der Waals surface area contributed by atoms with Crippen LogP contribution in [0.1, 0.15) is 71.9 Å². The molecule has 0 radical (unpaired) electrons. The fourth-order valence-electron chi connectivity index (χ4n) is 6.07. The maximum absolute atomic E-state index is 13.8. The van der Waals surface area contributed by atoms with Gasteiger partial charge in [0.05, 0.1) is 5.56 Å². The molecule has 7 nitrogen and oxygen atoms in total. The third kappa shape index (κ3) is 3.68. The lowest BCUT2D eigenvalue weighted by Crippen LogP contribution is -2.41. The number of carbonyl (C=O) groups excluding carboxylic acids is 1. The SMILES string of the molecule is C[C@H]1CNCCCN1c1cccc(C(=O)C2=C(N)[C@@]3(CCC2)CCCc2sc(N)c(C#N)c23)n1. The van der Waals surface area contributed by atoms with Gasteiger partial charge in [0.15, 0.2) is 0 Å². The number of nitrogens with zero attached hydrogens (tertiary/aromatic N) is 3. The summed E-state index contributed by atoms with van der Waals surface area (Å²) in [6, 6.07) is 8.33. The number of aryl methyl sites for hydroxylation is 1. The standard InChI is InChI=1S/C26H32N6OS/c1-16-15-30-12-5-13-32(16)21-9-2-7-19(31-21)23(33)17-6-3-10-26(24(17)28)11-4-8-20-22(26)18(14-27)25(29)34-20/h2,7,9,16,30H,3-6,8,10-13,15,28-29H2,1H3/t16-,26-/m0/s1. The number of nitrogen functional groups attached to an aromatic ring is 1. The molecule has 1 spiro atoms. The van der Waals surface area contributed by atoms with E-state index in [0.29, 0.717) is 40.0 Å². The lowest BCUT2D eigenvalue weighted by atomic mass is 9.62. The van der Waals surface area contributed by atoms with Crippen LogP contribution in [0.3, 0.4) is 0 Å². The Morgan fingerprint density at radius 1 is 1.26 bits per heavy atom. The summed E-state index contributed by atoms with van der Waals surface area (Å²) < 4.78 is 0. The van der Waals surface area contributed by atoms with Crippen molar-refractivity contribution >= 4 is 27.9 Å². The van der Waals surface area contributed by atoms with Crippen molar-refractivity contribution in [2.45, 2.75) is 63.3 Å². The van der Waals surface area contributed by atoms with E-state index in [4.69, 9.17) is 16.5 Å². The molecule has 0 bridgehead atoms. The summed E-state index contributed by atoms with van der Waals surface area (Å²) in [4.78, 5) is 22.0. The molecule has 2 aromatic rings. The highest BCUT2D eigenvalue weighted by atomic mass is 32.1. The number of allylic oxidation sites excluding steroid dienone is 2. The summed E-state index contributed by atoms with van der Waals surface area (Å²) >= 11 is 1.51. The van der Waals surface area contributed by atoms with Gasteiger partial charge in [0.2, 0.25) is 5.78 Å². The Balaban J connectivity index is 1.54. The van der Waals surface area contributed by atoms with Gasteiger partial charge in [0, 0.05) is 40.7 Å². The van der Waals surface area contributed by atoms with E-state index in [1.54, 1.807) is 6.07 Å². The van der Waals surface area contributed by atoms with E-state index in [2.05, 4.69) is 23.2 Å². The van der Waals surface area contributed by atoms with E-state index in [1.807, 2.05) is 12.1 Å². The average Bonchev–Trinajstić information content (AvgIpc) is 3.03. The highest BCUT2D eigenvalue weighted by Gasteiger charge is 2.46. The highest BCUT2D eigenvalue weighted by molar-refractivity contribution is 7.16. The summed E-state index contributed by atoms with van der Waals surface area (Å²) in [5.41, 5.74) is 15.9. The van der Waals surface area contributed by atoms with E-state index in [9.17, 15) is 10.1 Å². The Labute approximate surface area is 204 Å². The fraction of sp³-hybridized carbons (Fsp3) is 0.500. The van der Waals surface area contributed by atoms with Crippen molar-refractivity contribution in [3.63, 3.8) is 0 Å². The number of nitrogens with two attached hydrogens (primary N) is 2. The van der Waals surface area contributed by atoms with Gasteiger partial charge in [-0.3, -0.25) is 4.79 Å². The van der Waals surface area contributed by atoms with Crippen LogP contribution in [0.25, 0.3) is 0 Å². The number of pyridine rings is 1. The van der Waals surface area contributed by atoms with Crippen LogP contribution in [0, 0.1) is 11.3 Å². The van der Waals surface area contributed by atoms with Gasteiger partial charge in [0.25, 0.3) is 0 Å². The first-order valence-electron chi connectivity index (χ1n) is 12.3. The number of nitriles is 1. The minimum Gasteiger partial charge on any atom is -0.401 e. The molecule has 1 aliphatic heterocycles. The van der Waals surface area contributed by atoms with Crippen LogP contribution >= 0.6 is 11.3 Å². The van der Waals surface area contributed by atoms with E-state index in [0.717, 1.165) is 74.4 Å². The first-order valence-corrected chi connectivity index (χ1v) is 13.1. The number of aromatic nitrogens is 1. The second kappa shape index (κ2) is 9.05. The molecule has 178 valence electrons. The van der Waals surface area contributed by atoms with Crippen LogP contribution in [-0.2, 0) is 11.8 Å². The third-order valence-electron chi connectivity index (χ3n) is 7.74. The third-order valence-corrected chi connectivity index (χ3v) is 8.82. The zero-order valence-corrected chi connectivity index (χ0v) is 20.5. The van der Waals surface area contributed by atoms with E-state index < -0.39 is 5.41 Å². The molecule has 5 rings (SSSR count). The van der Waals surface area contributed by atoms with Crippen molar-refractivity contribution in [2.75, 3.05) is 30.3 Å². The zero-order valence-electron chi connectivity index (χ0n) is 19.7. The average molecular weight is 477 g/mol. The van der Waals surface area contributed by atoms with Crippen molar-refractivity contribution in [1.82, 2.24) is 10.3 Å². The molecule has 0 saturated carbocycles. The number of nitrogens with one attached hydrogen (secondary N) is 1. The second-order valence-electron chi connectivity index (χ2n) is 9.74. The predicted octanol–water partition coefficient (Wildman–Crippen LogP) is 3.64. The Kier molecular flexibility index (Phi) is 6.09. The van der Waals surface area contributed by atoms with Gasteiger partial charge in [-0.25, -0.2) is 4.98 Å². The number of rotatable bonds is 3. The first kappa shape index (κ1) is 22.9. The summed E-state index contributed by atoms with van der Waals surface area (Å²) in [5.74, 6) is 0.747. The van der Waals surface area contributed by atoms with Gasteiger partial charge in [-0.15, -0.1) is 11.3 Å². The van der Waals surface area contributed by atoms with Gasteiger partial charge in [-0.2, -0.15) is 5.26 Å². The van der Waals surface area contributed by atoms with Crippen molar-refractivity contribution < 1.29 is 4.79 Å². The monoisotopic (exact) mass is 476 g/mol. The van der Waals surface area contributed by atoms with Gasteiger partial charge < -0.3 is 21.7 Å². The van der Waals surface area contributed by atoms with Crippen LogP contribution < -0.4 is 21.7 Å². The van der Waals surface area contributed by atoms with E-state index in [-0.39, 0.29) is 5.78 Å². The number of carbonyl (C=O) groups is 1. The van der Waals surface area contributed by atoms with Crippen LogP contribution in [0.5, 0.6) is 0 Å². The molecule has 1 saturated heterocycles. The summed E-state index contributed by atoms with van der Waals surface area (Å²) in [7, 11) is 0. The number of ketones is 1. The molecule has 0 unspecified atom stereocenters. The molecule has 3 aliphatic rings. The topological polar surface area (TPSA) is 121 Å². The molecule has 2 atom stereocenters. The molecule has 0 amide bonds. The number of Topliss-reactive ketones (excluding diaryl/α,β-unsaturated/α-hetero) is 1. The Morgan fingerprint density at radius 3 is 2.85 bits per heavy atom. The van der Waals surface area contributed by atoms with Crippen LogP contribution in [-0.4, -0.2) is 36.4 Å². The molecule has 0 aromatic carbocycles. The summed E-state index contributed by atoms with van der Waals surface area (Å²) in [6.45, 7) is 4.98. The molecular formula is C26H32N6OS. The van der Waals surface area contributed by atoms with Crippen molar-refractivity contribution in [3.8, 4) is 6.07 Å². The van der Waals surface area contributed by atoms with Gasteiger partial charge in [-0.1, -0.05) is 6.07 Å². The van der Waals surface area contributed by atoms with E-state index >= 15 is 0 Å². The normalized spacial score (nSPS) is 25.1.